The molecule has 2 aromatic carbocycles. The van der Waals surface area contributed by atoms with Gasteiger partial charge in [0.1, 0.15) is 5.75 Å². The van der Waals surface area contributed by atoms with Crippen molar-refractivity contribution in [2.24, 2.45) is 0 Å². The predicted molar refractivity (Wildman–Crippen MR) is 99.2 cm³/mol. The molecule has 0 aromatic heterocycles. The number of carboxylic acids is 1. The molecule has 3 N–H and O–H groups in total. The highest BCUT2D eigenvalue weighted by atomic mass is 32.1. The highest BCUT2D eigenvalue weighted by molar-refractivity contribution is 7.80. The topological polar surface area (TPSA) is 87.7 Å². The number of thiocarbonyl (C=S) groups is 1. The van der Waals surface area contributed by atoms with E-state index in [-0.39, 0.29) is 23.2 Å². The Balaban J connectivity index is 1.88. The molecule has 2 aromatic rings. The number of ether oxygens (including phenoxy) is 1. The molecule has 0 heterocycles. The summed E-state index contributed by atoms with van der Waals surface area (Å²) in [4.78, 5) is 22.8. The standard InChI is InChI=1S/C18H18N2O4S/c1-11-5-3-4-6-15(11)24-10-16(21)20-18(25)19-14-8-7-13(17(22)23)9-12(14)2/h3-9H,10H2,1-2H3,(H,22,23)(H2,19,20,21,25). The number of amides is 1. The van der Waals surface area contributed by atoms with Gasteiger partial charge in [-0.2, -0.15) is 0 Å². The maximum Gasteiger partial charge on any atom is 0.335 e. The molecule has 0 spiro atoms. The zero-order valence-corrected chi connectivity index (χ0v) is 14.6. The quantitative estimate of drug-likeness (QED) is 0.713. The van der Waals surface area contributed by atoms with Gasteiger partial charge in [0.05, 0.1) is 5.56 Å². The molecule has 130 valence electrons. The lowest BCUT2D eigenvalue weighted by atomic mass is 10.1. The number of para-hydroxylation sites is 1. The smallest absolute Gasteiger partial charge is 0.335 e. The summed E-state index contributed by atoms with van der Waals surface area (Å²) in [6.07, 6.45) is 0. The molecule has 2 rings (SSSR count). The first-order chi connectivity index (χ1) is 11.9. The molecule has 0 bridgehead atoms. The second-order valence-electron chi connectivity index (χ2n) is 5.39. The summed E-state index contributed by atoms with van der Waals surface area (Å²) in [6, 6.07) is 12.0. The van der Waals surface area contributed by atoms with Crippen molar-refractivity contribution in [2.45, 2.75) is 13.8 Å². The summed E-state index contributed by atoms with van der Waals surface area (Å²) in [5.41, 5.74) is 2.44. The SMILES string of the molecule is Cc1cc(C(=O)O)ccc1NC(=S)NC(=O)COc1ccccc1C. The van der Waals surface area contributed by atoms with Gasteiger partial charge < -0.3 is 15.2 Å². The minimum Gasteiger partial charge on any atom is -0.483 e. The second-order valence-corrected chi connectivity index (χ2v) is 5.80. The van der Waals surface area contributed by atoms with Crippen LogP contribution in [0.3, 0.4) is 0 Å². The van der Waals surface area contributed by atoms with Crippen molar-refractivity contribution >= 4 is 34.9 Å². The molecule has 0 aliphatic heterocycles. The van der Waals surface area contributed by atoms with Gasteiger partial charge in [-0.1, -0.05) is 18.2 Å². The summed E-state index contributed by atoms with van der Waals surface area (Å²) in [7, 11) is 0. The van der Waals surface area contributed by atoms with Gasteiger partial charge in [0, 0.05) is 5.69 Å². The van der Waals surface area contributed by atoms with E-state index in [1.165, 1.54) is 12.1 Å². The highest BCUT2D eigenvalue weighted by Gasteiger charge is 2.10. The van der Waals surface area contributed by atoms with Gasteiger partial charge in [0.25, 0.3) is 5.91 Å². The third-order valence-corrected chi connectivity index (χ3v) is 3.63. The van der Waals surface area contributed by atoms with E-state index < -0.39 is 5.97 Å². The first-order valence-electron chi connectivity index (χ1n) is 7.50. The van der Waals surface area contributed by atoms with E-state index in [1.54, 1.807) is 19.1 Å². The van der Waals surface area contributed by atoms with Gasteiger partial charge in [0.2, 0.25) is 0 Å². The van der Waals surface area contributed by atoms with E-state index in [2.05, 4.69) is 10.6 Å². The molecule has 0 saturated carbocycles. The number of anilines is 1. The molecule has 7 heteroatoms. The van der Waals surface area contributed by atoms with Crippen LogP contribution in [-0.4, -0.2) is 28.7 Å². The van der Waals surface area contributed by atoms with Crippen LogP contribution in [0.4, 0.5) is 5.69 Å². The Bertz CT molecular complexity index is 820. The summed E-state index contributed by atoms with van der Waals surface area (Å²) < 4.78 is 5.45. The lowest BCUT2D eigenvalue weighted by Crippen LogP contribution is -2.37. The number of aryl methyl sites for hydroxylation is 2. The number of carbonyl (C=O) groups excluding carboxylic acids is 1. The van der Waals surface area contributed by atoms with Gasteiger partial charge in [0.15, 0.2) is 11.7 Å². The number of rotatable bonds is 5. The third-order valence-electron chi connectivity index (χ3n) is 3.43. The van der Waals surface area contributed by atoms with Crippen LogP contribution in [0.5, 0.6) is 5.75 Å². The summed E-state index contributed by atoms with van der Waals surface area (Å²) >= 11 is 5.10. The number of aromatic carboxylic acids is 1. The van der Waals surface area contributed by atoms with Crippen molar-refractivity contribution in [3.05, 3.63) is 59.2 Å². The van der Waals surface area contributed by atoms with Crippen molar-refractivity contribution in [1.29, 1.82) is 0 Å². The van der Waals surface area contributed by atoms with E-state index in [9.17, 15) is 9.59 Å². The fourth-order valence-electron chi connectivity index (χ4n) is 2.11. The van der Waals surface area contributed by atoms with Crippen molar-refractivity contribution in [1.82, 2.24) is 5.32 Å². The predicted octanol–water partition coefficient (Wildman–Crippen LogP) is 2.89. The molecule has 0 saturated heterocycles. The van der Waals surface area contributed by atoms with Crippen molar-refractivity contribution in [3.8, 4) is 5.75 Å². The number of benzene rings is 2. The number of hydrogen-bond donors (Lipinski definition) is 3. The molecule has 0 atom stereocenters. The molecular weight excluding hydrogens is 340 g/mol. The van der Waals surface area contributed by atoms with Crippen molar-refractivity contribution in [2.75, 3.05) is 11.9 Å². The van der Waals surface area contributed by atoms with Crippen LogP contribution in [0.2, 0.25) is 0 Å². The number of carboxylic acid groups (broad SMARTS) is 1. The molecule has 6 nitrogen and oxygen atoms in total. The maximum atomic E-state index is 11.9. The molecule has 25 heavy (non-hydrogen) atoms. The zero-order chi connectivity index (χ0) is 18.4. The normalized spacial score (nSPS) is 10.0. The van der Waals surface area contributed by atoms with E-state index in [1.807, 2.05) is 25.1 Å². The Kier molecular flexibility index (Phi) is 6.08. The zero-order valence-electron chi connectivity index (χ0n) is 13.8. The lowest BCUT2D eigenvalue weighted by molar-refractivity contribution is -0.121. The molecule has 0 fully saturated rings. The number of nitrogens with one attached hydrogen (secondary N) is 2. The average molecular weight is 358 g/mol. The number of carbonyl (C=O) groups is 2. The van der Waals surface area contributed by atoms with Crippen LogP contribution < -0.4 is 15.4 Å². The van der Waals surface area contributed by atoms with Gasteiger partial charge in [-0.3, -0.25) is 10.1 Å². The Morgan fingerprint density at radius 1 is 1.12 bits per heavy atom. The van der Waals surface area contributed by atoms with Gasteiger partial charge in [-0.05, 0) is 61.5 Å². The highest BCUT2D eigenvalue weighted by Crippen LogP contribution is 2.17. The minimum absolute atomic E-state index is 0.115. The summed E-state index contributed by atoms with van der Waals surface area (Å²) in [5, 5.41) is 14.5. The fourth-order valence-corrected chi connectivity index (χ4v) is 2.34. The van der Waals surface area contributed by atoms with E-state index in [0.717, 1.165) is 5.56 Å². The molecular formula is C18H18N2O4S. The van der Waals surface area contributed by atoms with Crippen LogP contribution in [0.25, 0.3) is 0 Å². The molecule has 0 radical (unpaired) electrons. The Morgan fingerprint density at radius 3 is 2.48 bits per heavy atom. The van der Waals surface area contributed by atoms with E-state index in [4.69, 9.17) is 22.1 Å². The summed E-state index contributed by atoms with van der Waals surface area (Å²) in [5.74, 6) is -0.754. The monoisotopic (exact) mass is 358 g/mol. The third kappa shape index (κ3) is 5.29. The first-order valence-corrected chi connectivity index (χ1v) is 7.91. The Morgan fingerprint density at radius 2 is 1.84 bits per heavy atom. The van der Waals surface area contributed by atoms with Gasteiger partial charge in [-0.25, -0.2) is 4.79 Å². The largest absolute Gasteiger partial charge is 0.483 e. The molecule has 0 aliphatic rings. The molecule has 0 aliphatic carbocycles. The van der Waals surface area contributed by atoms with Crippen molar-refractivity contribution < 1.29 is 19.4 Å². The van der Waals surface area contributed by atoms with Crippen LogP contribution >= 0.6 is 12.2 Å². The van der Waals surface area contributed by atoms with Gasteiger partial charge in [-0.15, -0.1) is 0 Å². The average Bonchev–Trinajstić information content (AvgIpc) is 2.55. The molecule has 0 unspecified atom stereocenters. The summed E-state index contributed by atoms with van der Waals surface area (Å²) in [6.45, 7) is 3.48. The van der Waals surface area contributed by atoms with E-state index in [0.29, 0.717) is 17.0 Å². The first kappa shape index (κ1) is 18.4. The minimum atomic E-state index is -1.00. The fraction of sp³-hybridized carbons (Fsp3) is 0.167. The second kappa shape index (κ2) is 8.25. The van der Waals surface area contributed by atoms with Crippen LogP contribution in [0.1, 0.15) is 21.5 Å². The number of hydrogen-bond acceptors (Lipinski definition) is 4. The van der Waals surface area contributed by atoms with Crippen molar-refractivity contribution in [3.63, 3.8) is 0 Å². The maximum absolute atomic E-state index is 11.9. The van der Waals surface area contributed by atoms with Crippen LogP contribution in [0, 0.1) is 13.8 Å². The van der Waals surface area contributed by atoms with Crippen LogP contribution in [0.15, 0.2) is 42.5 Å². The van der Waals surface area contributed by atoms with E-state index >= 15 is 0 Å². The Labute approximate surface area is 150 Å². The Hall–Kier alpha value is -2.93. The van der Waals surface area contributed by atoms with Gasteiger partial charge >= 0.3 is 5.97 Å². The molecule has 1 amide bonds. The van der Waals surface area contributed by atoms with Crippen LogP contribution in [-0.2, 0) is 4.79 Å². The lowest BCUT2D eigenvalue weighted by Gasteiger charge is -2.13.